The minimum absolute atomic E-state index is 0.0924. The summed E-state index contributed by atoms with van der Waals surface area (Å²) in [5.74, 6) is -4.01. The van der Waals surface area contributed by atoms with Gasteiger partial charge in [-0.05, 0) is 0 Å². The first-order chi connectivity index (χ1) is 7.02. The summed E-state index contributed by atoms with van der Waals surface area (Å²) >= 11 is 0. The van der Waals surface area contributed by atoms with Crippen LogP contribution in [0.4, 0.5) is 4.39 Å². The molecule has 0 saturated carbocycles. The third-order valence-corrected chi connectivity index (χ3v) is 1.82. The van der Waals surface area contributed by atoms with Crippen molar-refractivity contribution in [3.63, 3.8) is 0 Å². The molecule has 0 unspecified atom stereocenters. The molecule has 0 atom stereocenters. The van der Waals surface area contributed by atoms with Crippen molar-refractivity contribution < 1.29 is 28.9 Å². The van der Waals surface area contributed by atoms with Crippen LogP contribution >= 0.6 is 0 Å². The molecule has 1 rings (SSSR count). The van der Waals surface area contributed by atoms with Crippen molar-refractivity contribution in [1.29, 1.82) is 0 Å². The van der Waals surface area contributed by atoms with Gasteiger partial charge in [-0.15, -0.1) is 0 Å². The molecule has 0 aliphatic heterocycles. The zero-order valence-electron chi connectivity index (χ0n) is 8.07. The topological polar surface area (TPSA) is 76.0 Å². The molecule has 0 aromatic heterocycles. The molecular weight excluding hydrogens is 207 g/mol. The number of rotatable bonds is 3. The molecule has 0 aliphatic carbocycles. The second-order valence-corrected chi connectivity index (χ2v) is 2.63. The first-order valence-electron chi connectivity index (χ1n) is 3.89. The second-order valence-electron chi connectivity index (χ2n) is 2.63. The van der Waals surface area contributed by atoms with Crippen molar-refractivity contribution in [2.75, 3.05) is 14.2 Å². The number of phenols is 1. The van der Waals surface area contributed by atoms with E-state index in [1.165, 1.54) is 14.2 Å². The lowest BCUT2D eigenvalue weighted by Gasteiger charge is -2.10. The van der Waals surface area contributed by atoms with Gasteiger partial charge in [0.05, 0.1) is 14.2 Å². The highest BCUT2D eigenvalue weighted by Crippen LogP contribution is 2.38. The fraction of sp³-hybridized carbons (Fsp3) is 0.222. The highest BCUT2D eigenvalue weighted by molar-refractivity contribution is 5.92. The standard InChI is InChI=1S/C9H9FO5/c1-14-5-3-4(9(12)13)7(11)6(10)8(5)15-2/h3,11H,1-2H3,(H,12,13). The van der Waals surface area contributed by atoms with Crippen LogP contribution in [0.2, 0.25) is 0 Å². The number of benzene rings is 1. The van der Waals surface area contributed by atoms with Crippen LogP contribution in [0, 0.1) is 5.82 Å². The van der Waals surface area contributed by atoms with Crippen LogP contribution in [0.5, 0.6) is 17.2 Å². The van der Waals surface area contributed by atoms with Gasteiger partial charge in [-0.2, -0.15) is 4.39 Å². The summed E-state index contributed by atoms with van der Waals surface area (Å²) < 4.78 is 22.7. The van der Waals surface area contributed by atoms with Crippen molar-refractivity contribution in [2.45, 2.75) is 0 Å². The Morgan fingerprint density at radius 2 is 2.00 bits per heavy atom. The van der Waals surface area contributed by atoms with Crippen LogP contribution in [-0.4, -0.2) is 30.4 Å². The van der Waals surface area contributed by atoms with Gasteiger partial charge in [-0.25, -0.2) is 4.79 Å². The summed E-state index contributed by atoms with van der Waals surface area (Å²) in [5.41, 5.74) is -0.579. The van der Waals surface area contributed by atoms with Crippen molar-refractivity contribution in [3.05, 3.63) is 17.4 Å². The summed E-state index contributed by atoms with van der Waals surface area (Å²) in [4.78, 5) is 10.6. The van der Waals surface area contributed by atoms with Gasteiger partial charge < -0.3 is 19.7 Å². The van der Waals surface area contributed by atoms with E-state index in [9.17, 15) is 14.3 Å². The predicted molar refractivity (Wildman–Crippen MR) is 48.1 cm³/mol. The van der Waals surface area contributed by atoms with E-state index >= 15 is 0 Å². The van der Waals surface area contributed by atoms with E-state index < -0.39 is 23.1 Å². The maximum absolute atomic E-state index is 13.4. The lowest BCUT2D eigenvalue weighted by atomic mass is 10.1. The van der Waals surface area contributed by atoms with E-state index in [0.29, 0.717) is 0 Å². The number of hydrogen-bond donors (Lipinski definition) is 2. The molecule has 82 valence electrons. The van der Waals surface area contributed by atoms with Gasteiger partial charge in [-0.1, -0.05) is 0 Å². The molecule has 1 aromatic rings. The molecule has 1 aromatic carbocycles. The predicted octanol–water partition coefficient (Wildman–Crippen LogP) is 1.25. The Kier molecular flexibility index (Phi) is 2.99. The Bertz CT molecular complexity index is 402. The number of carbonyl (C=O) groups is 1. The largest absolute Gasteiger partial charge is 0.504 e. The number of carboxylic acids is 1. The van der Waals surface area contributed by atoms with Gasteiger partial charge in [0.1, 0.15) is 5.56 Å². The number of methoxy groups -OCH3 is 2. The molecule has 5 nitrogen and oxygen atoms in total. The van der Waals surface area contributed by atoms with Crippen molar-refractivity contribution in [3.8, 4) is 17.2 Å². The fourth-order valence-corrected chi connectivity index (χ4v) is 1.10. The SMILES string of the molecule is COc1cc(C(=O)O)c(O)c(F)c1OC. The van der Waals surface area contributed by atoms with Gasteiger partial charge in [0, 0.05) is 6.07 Å². The van der Waals surface area contributed by atoms with Gasteiger partial charge in [0.25, 0.3) is 0 Å². The molecule has 0 heterocycles. The van der Waals surface area contributed by atoms with Crippen LogP contribution in [-0.2, 0) is 0 Å². The number of aromatic hydroxyl groups is 1. The summed E-state index contributed by atoms with van der Waals surface area (Å²) in [7, 11) is 2.42. The van der Waals surface area contributed by atoms with Gasteiger partial charge in [0.15, 0.2) is 11.5 Å². The van der Waals surface area contributed by atoms with Crippen LogP contribution < -0.4 is 9.47 Å². The van der Waals surface area contributed by atoms with E-state index in [-0.39, 0.29) is 11.5 Å². The first kappa shape index (κ1) is 11.1. The Labute approximate surface area is 84.7 Å². The Hall–Kier alpha value is -1.98. The van der Waals surface area contributed by atoms with Crippen molar-refractivity contribution >= 4 is 5.97 Å². The molecule has 0 aliphatic rings. The zero-order chi connectivity index (χ0) is 11.6. The molecule has 2 N–H and O–H groups in total. The molecular formula is C9H9FO5. The lowest BCUT2D eigenvalue weighted by Crippen LogP contribution is -2.02. The summed E-state index contributed by atoms with van der Waals surface area (Å²) in [6.07, 6.45) is 0. The Morgan fingerprint density at radius 3 is 2.40 bits per heavy atom. The number of hydrogen-bond acceptors (Lipinski definition) is 4. The monoisotopic (exact) mass is 216 g/mol. The minimum Gasteiger partial charge on any atom is -0.504 e. The second kappa shape index (κ2) is 4.04. The molecule has 6 heteroatoms. The number of ether oxygens (including phenoxy) is 2. The number of aromatic carboxylic acids is 1. The first-order valence-corrected chi connectivity index (χ1v) is 3.89. The van der Waals surface area contributed by atoms with Gasteiger partial charge in [-0.3, -0.25) is 0 Å². The van der Waals surface area contributed by atoms with Crippen molar-refractivity contribution in [2.24, 2.45) is 0 Å². The van der Waals surface area contributed by atoms with Crippen molar-refractivity contribution in [1.82, 2.24) is 0 Å². The third kappa shape index (κ3) is 1.78. The average Bonchev–Trinajstić information content (AvgIpc) is 2.21. The van der Waals surface area contributed by atoms with E-state index in [1.54, 1.807) is 0 Å². The highest BCUT2D eigenvalue weighted by atomic mass is 19.1. The van der Waals surface area contributed by atoms with Crippen LogP contribution in [0.15, 0.2) is 6.07 Å². The van der Waals surface area contributed by atoms with Crippen LogP contribution in [0.25, 0.3) is 0 Å². The normalized spacial score (nSPS) is 9.80. The minimum atomic E-state index is -1.45. The summed E-state index contributed by atoms with van der Waals surface area (Å²) in [6.45, 7) is 0. The molecule has 0 spiro atoms. The zero-order valence-corrected chi connectivity index (χ0v) is 8.07. The maximum atomic E-state index is 13.4. The molecule has 15 heavy (non-hydrogen) atoms. The van der Waals surface area contributed by atoms with Crippen LogP contribution in [0.3, 0.4) is 0 Å². The Morgan fingerprint density at radius 1 is 1.40 bits per heavy atom. The lowest BCUT2D eigenvalue weighted by molar-refractivity contribution is 0.0692. The summed E-state index contributed by atoms with van der Waals surface area (Å²) in [6, 6.07) is 0.986. The molecule has 0 amide bonds. The maximum Gasteiger partial charge on any atom is 0.339 e. The number of carboxylic acid groups (broad SMARTS) is 1. The third-order valence-electron chi connectivity index (χ3n) is 1.82. The van der Waals surface area contributed by atoms with E-state index in [1.807, 2.05) is 0 Å². The number of halogens is 1. The quantitative estimate of drug-likeness (QED) is 0.795. The summed E-state index contributed by atoms with van der Waals surface area (Å²) in [5, 5.41) is 17.9. The molecule has 0 saturated heterocycles. The molecule has 0 fully saturated rings. The van der Waals surface area contributed by atoms with Crippen LogP contribution in [0.1, 0.15) is 10.4 Å². The molecule has 0 radical (unpaired) electrons. The molecule has 0 bridgehead atoms. The smallest absolute Gasteiger partial charge is 0.339 e. The van der Waals surface area contributed by atoms with E-state index in [0.717, 1.165) is 6.07 Å². The van der Waals surface area contributed by atoms with E-state index in [2.05, 4.69) is 4.74 Å². The van der Waals surface area contributed by atoms with Gasteiger partial charge >= 0.3 is 5.97 Å². The van der Waals surface area contributed by atoms with Gasteiger partial charge in [0.2, 0.25) is 11.6 Å². The Balaban J connectivity index is 3.49. The average molecular weight is 216 g/mol. The van der Waals surface area contributed by atoms with E-state index in [4.69, 9.17) is 9.84 Å². The highest BCUT2D eigenvalue weighted by Gasteiger charge is 2.22. The fourth-order valence-electron chi connectivity index (χ4n) is 1.10.